The molecule has 7 heteroatoms. The van der Waals surface area contributed by atoms with E-state index in [-0.39, 0.29) is 24.0 Å². The normalized spacial score (nSPS) is 22.5. The number of aromatic nitrogens is 1. The lowest BCUT2D eigenvalue weighted by molar-refractivity contribution is -0.124. The lowest BCUT2D eigenvalue weighted by Gasteiger charge is -2.25. The highest BCUT2D eigenvalue weighted by molar-refractivity contribution is 7.09. The van der Waals surface area contributed by atoms with Crippen LogP contribution in [0.1, 0.15) is 49.4 Å². The second kappa shape index (κ2) is 6.24. The Balaban J connectivity index is 1.59. The van der Waals surface area contributed by atoms with Crippen molar-refractivity contribution < 1.29 is 9.59 Å². The Kier molecular flexibility index (Phi) is 4.33. The molecule has 1 saturated heterocycles. The van der Waals surface area contributed by atoms with Crippen molar-refractivity contribution >= 4 is 23.3 Å². The molecule has 2 N–H and O–H groups in total. The average molecular weight is 322 g/mol. The van der Waals surface area contributed by atoms with Gasteiger partial charge in [0.2, 0.25) is 5.91 Å². The number of thiazole rings is 1. The summed E-state index contributed by atoms with van der Waals surface area (Å²) in [5.74, 6) is -0.00658. The molecule has 1 aromatic rings. The molecule has 0 aromatic carbocycles. The van der Waals surface area contributed by atoms with E-state index < -0.39 is 0 Å². The van der Waals surface area contributed by atoms with Crippen LogP contribution in [-0.2, 0) is 4.79 Å². The highest BCUT2D eigenvalue weighted by Crippen LogP contribution is 2.23. The van der Waals surface area contributed by atoms with Crippen molar-refractivity contribution in [1.82, 2.24) is 20.5 Å². The molecule has 2 heterocycles. The first-order valence-corrected chi connectivity index (χ1v) is 8.72. The minimum absolute atomic E-state index is 0.00658. The summed E-state index contributed by atoms with van der Waals surface area (Å²) in [5, 5.41) is 8.82. The summed E-state index contributed by atoms with van der Waals surface area (Å²) in [7, 11) is 0. The van der Waals surface area contributed by atoms with Gasteiger partial charge in [-0.1, -0.05) is 0 Å². The van der Waals surface area contributed by atoms with Crippen molar-refractivity contribution in [3.63, 3.8) is 0 Å². The Hall–Kier alpha value is -1.63. The molecular formula is C15H22N4O2S. The molecule has 1 saturated carbocycles. The standard InChI is InChI=1S/C15H22N4O2S/c1-9-8-22-14(16-9)10(2)17-15(21)19-7-3-4-12(19)13(20)18-11-5-6-11/h8,10-12H,3-7H2,1-2H3,(H,17,21)(H,18,20)/t10-,12-/m1/s1. The number of hydrogen-bond acceptors (Lipinski definition) is 4. The fraction of sp³-hybridized carbons (Fsp3) is 0.667. The SMILES string of the molecule is Cc1csc([C@@H](C)NC(=O)N2CCC[C@@H]2C(=O)NC2CC2)n1. The van der Waals surface area contributed by atoms with E-state index in [1.807, 2.05) is 19.2 Å². The van der Waals surface area contributed by atoms with E-state index in [0.29, 0.717) is 12.6 Å². The zero-order chi connectivity index (χ0) is 15.7. The molecule has 2 aliphatic rings. The van der Waals surface area contributed by atoms with Crippen molar-refractivity contribution in [2.45, 2.75) is 57.7 Å². The monoisotopic (exact) mass is 322 g/mol. The first-order chi connectivity index (χ1) is 10.5. The Bertz CT molecular complexity index is 570. The van der Waals surface area contributed by atoms with Crippen LogP contribution in [-0.4, -0.2) is 40.5 Å². The van der Waals surface area contributed by atoms with Gasteiger partial charge in [0.05, 0.1) is 6.04 Å². The topological polar surface area (TPSA) is 74.3 Å². The van der Waals surface area contributed by atoms with E-state index in [9.17, 15) is 9.59 Å². The van der Waals surface area contributed by atoms with Gasteiger partial charge < -0.3 is 15.5 Å². The van der Waals surface area contributed by atoms with Crippen molar-refractivity contribution in [2.24, 2.45) is 0 Å². The van der Waals surface area contributed by atoms with Gasteiger partial charge in [-0.25, -0.2) is 9.78 Å². The van der Waals surface area contributed by atoms with Crippen molar-refractivity contribution in [1.29, 1.82) is 0 Å². The summed E-state index contributed by atoms with van der Waals surface area (Å²) >= 11 is 1.54. The number of aryl methyl sites for hydroxylation is 1. The van der Waals surface area contributed by atoms with Gasteiger partial charge in [-0.15, -0.1) is 11.3 Å². The number of carbonyl (C=O) groups is 2. The van der Waals surface area contributed by atoms with Crippen LogP contribution < -0.4 is 10.6 Å². The molecule has 120 valence electrons. The summed E-state index contributed by atoms with van der Waals surface area (Å²) in [4.78, 5) is 30.7. The van der Waals surface area contributed by atoms with E-state index in [1.165, 1.54) is 0 Å². The van der Waals surface area contributed by atoms with Crippen LogP contribution in [0.3, 0.4) is 0 Å². The summed E-state index contributed by atoms with van der Waals surface area (Å²) in [6, 6.07) is -0.311. The van der Waals surface area contributed by atoms with Crippen LogP contribution in [0.15, 0.2) is 5.38 Å². The zero-order valence-corrected chi connectivity index (χ0v) is 13.8. The van der Waals surface area contributed by atoms with Crippen molar-refractivity contribution in [3.8, 4) is 0 Å². The molecule has 1 aliphatic carbocycles. The second-order valence-corrected chi connectivity index (χ2v) is 7.02. The fourth-order valence-electron chi connectivity index (χ4n) is 2.71. The largest absolute Gasteiger partial charge is 0.352 e. The third kappa shape index (κ3) is 3.40. The Morgan fingerprint density at radius 2 is 2.18 bits per heavy atom. The summed E-state index contributed by atoms with van der Waals surface area (Å²) in [6.45, 7) is 4.50. The van der Waals surface area contributed by atoms with E-state index in [2.05, 4.69) is 15.6 Å². The highest BCUT2D eigenvalue weighted by atomic mass is 32.1. The quantitative estimate of drug-likeness (QED) is 0.890. The number of nitrogens with one attached hydrogen (secondary N) is 2. The molecular weight excluding hydrogens is 300 g/mol. The molecule has 0 unspecified atom stereocenters. The second-order valence-electron chi connectivity index (χ2n) is 6.13. The van der Waals surface area contributed by atoms with E-state index in [1.54, 1.807) is 16.2 Å². The van der Waals surface area contributed by atoms with Gasteiger partial charge in [0, 0.05) is 23.7 Å². The number of hydrogen-bond donors (Lipinski definition) is 2. The van der Waals surface area contributed by atoms with Gasteiger partial charge in [0.15, 0.2) is 0 Å². The highest BCUT2D eigenvalue weighted by Gasteiger charge is 2.36. The van der Waals surface area contributed by atoms with Crippen LogP contribution >= 0.6 is 11.3 Å². The molecule has 2 fully saturated rings. The number of amides is 3. The third-order valence-electron chi connectivity index (χ3n) is 4.09. The number of urea groups is 1. The van der Waals surface area contributed by atoms with Crippen LogP contribution in [0.25, 0.3) is 0 Å². The molecule has 3 amide bonds. The van der Waals surface area contributed by atoms with Crippen LogP contribution in [0.4, 0.5) is 4.79 Å². The molecule has 1 aliphatic heterocycles. The Morgan fingerprint density at radius 1 is 1.41 bits per heavy atom. The minimum atomic E-state index is -0.328. The maximum atomic E-state index is 12.5. The summed E-state index contributed by atoms with van der Waals surface area (Å²) in [5.41, 5.74) is 0.962. The average Bonchev–Trinajstić information content (AvgIpc) is 3.00. The fourth-order valence-corrected chi connectivity index (χ4v) is 3.51. The van der Waals surface area contributed by atoms with Crippen LogP contribution in [0, 0.1) is 6.92 Å². The number of rotatable bonds is 4. The maximum absolute atomic E-state index is 12.5. The predicted molar refractivity (Wildman–Crippen MR) is 84.7 cm³/mol. The van der Waals surface area contributed by atoms with Crippen LogP contribution in [0.5, 0.6) is 0 Å². The molecule has 0 radical (unpaired) electrons. The molecule has 2 atom stereocenters. The Morgan fingerprint density at radius 3 is 2.82 bits per heavy atom. The van der Waals surface area contributed by atoms with Gasteiger partial charge in [-0.2, -0.15) is 0 Å². The molecule has 3 rings (SSSR count). The van der Waals surface area contributed by atoms with E-state index >= 15 is 0 Å². The third-order valence-corrected chi connectivity index (χ3v) is 5.23. The van der Waals surface area contributed by atoms with Gasteiger partial charge in [-0.3, -0.25) is 4.79 Å². The molecule has 22 heavy (non-hydrogen) atoms. The number of likely N-dealkylation sites (tertiary alicyclic amines) is 1. The number of carbonyl (C=O) groups excluding carboxylic acids is 2. The minimum Gasteiger partial charge on any atom is -0.352 e. The summed E-state index contributed by atoms with van der Waals surface area (Å²) in [6.07, 6.45) is 3.74. The smallest absolute Gasteiger partial charge is 0.318 e. The van der Waals surface area contributed by atoms with Gasteiger partial charge in [0.1, 0.15) is 11.0 Å². The lowest BCUT2D eigenvalue weighted by atomic mass is 10.2. The first-order valence-electron chi connectivity index (χ1n) is 7.84. The zero-order valence-electron chi connectivity index (χ0n) is 13.0. The van der Waals surface area contributed by atoms with Gasteiger partial charge in [0.25, 0.3) is 0 Å². The Labute approximate surface area is 134 Å². The van der Waals surface area contributed by atoms with Gasteiger partial charge >= 0.3 is 6.03 Å². The van der Waals surface area contributed by atoms with Crippen LogP contribution in [0.2, 0.25) is 0 Å². The lowest BCUT2D eigenvalue weighted by Crippen LogP contribution is -2.50. The van der Waals surface area contributed by atoms with E-state index in [0.717, 1.165) is 36.4 Å². The molecule has 1 aromatic heterocycles. The van der Waals surface area contributed by atoms with Gasteiger partial charge in [-0.05, 0) is 39.5 Å². The van der Waals surface area contributed by atoms with Crippen molar-refractivity contribution in [2.75, 3.05) is 6.54 Å². The van der Waals surface area contributed by atoms with E-state index in [4.69, 9.17) is 0 Å². The molecule has 0 spiro atoms. The molecule has 6 nitrogen and oxygen atoms in total. The summed E-state index contributed by atoms with van der Waals surface area (Å²) < 4.78 is 0. The molecule has 0 bridgehead atoms. The first kappa shape index (κ1) is 15.3. The maximum Gasteiger partial charge on any atom is 0.318 e. The number of nitrogens with zero attached hydrogens (tertiary/aromatic N) is 2. The predicted octanol–water partition coefficient (Wildman–Crippen LogP) is 1.97. The van der Waals surface area contributed by atoms with Crippen molar-refractivity contribution in [3.05, 3.63) is 16.1 Å².